The summed E-state index contributed by atoms with van der Waals surface area (Å²) < 4.78 is 0. The van der Waals surface area contributed by atoms with Crippen LogP contribution in [0, 0.1) is 0 Å². The van der Waals surface area contributed by atoms with E-state index < -0.39 is 0 Å². The summed E-state index contributed by atoms with van der Waals surface area (Å²) in [6, 6.07) is 1.21. The summed E-state index contributed by atoms with van der Waals surface area (Å²) in [4.78, 5) is 0. The molecule has 2 unspecified atom stereocenters. The lowest BCUT2D eigenvalue weighted by molar-refractivity contribution is 0.151. The topological polar surface area (TPSA) is 18.5 Å². The van der Waals surface area contributed by atoms with Gasteiger partial charge in [-0.1, -0.05) is 0 Å². The SMILES string of the molecule is CC1C(C)N(C)NN1C. The van der Waals surface area contributed by atoms with Crippen LogP contribution in [0.3, 0.4) is 0 Å². The van der Waals surface area contributed by atoms with E-state index in [0.717, 1.165) is 0 Å². The third kappa shape index (κ3) is 1.08. The summed E-state index contributed by atoms with van der Waals surface area (Å²) in [7, 11) is 4.12. The smallest absolute Gasteiger partial charge is 0.0392 e. The second-order valence-electron chi connectivity index (χ2n) is 2.80. The molecule has 1 N–H and O–H groups in total. The van der Waals surface area contributed by atoms with Crippen molar-refractivity contribution in [1.29, 1.82) is 0 Å². The molecule has 0 aromatic carbocycles. The van der Waals surface area contributed by atoms with Crippen LogP contribution < -0.4 is 5.53 Å². The monoisotopic (exact) mass is 129 g/mol. The number of hydrazine groups is 2. The zero-order chi connectivity index (χ0) is 7.02. The summed E-state index contributed by atoms with van der Waals surface area (Å²) in [6.07, 6.45) is 0. The molecule has 54 valence electrons. The van der Waals surface area contributed by atoms with Gasteiger partial charge in [-0.2, -0.15) is 5.53 Å². The lowest BCUT2D eigenvalue weighted by Gasteiger charge is -2.13. The van der Waals surface area contributed by atoms with Crippen molar-refractivity contribution in [3.63, 3.8) is 0 Å². The average Bonchev–Trinajstić information content (AvgIpc) is 1.98. The lowest BCUT2D eigenvalue weighted by Crippen LogP contribution is -2.36. The maximum atomic E-state index is 3.18. The molecule has 0 bridgehead atoms. The number of nitrogens with one attached hydrogen (secondary N) is 1. The van der Waals surface area contributed by atoms with E-state index >= 15 is 0 Å². The molecule has 3 nitrogen and oxygen atoms in total. The van der Waals surface area contributed by atoms with Crippen LogP contribution >= 0.6 is 0 Å². The molecule has 0 amide bonds. The van der Waals surface area contributed by atoms with Gasteiger partial charge in [0.2, 0.25) is 0 Å². The second-order valence-corrected chi connectivity index (χ2v) is 2.80. The Bertz CT molecular complexity index is 92.5. The fourth-order valence-corrected chi connectivity index (χ4v) is 1.08. The van der Waals surface area contributed by atoms with E-state index in [1.54, 1.807) is 0 Å². The van der Waals surface area contributed by atoms with Crippen LogP contribution in [0.25, 0.3) is 0 Å². The Labute approximate surface area is 56.6 Å². The van der Waals surface area contributed by atoms with Gasteiger partial charge in [-0.05, 0) is 13.8 Å². The predicted molar refractivity (Wildman–Crippen MR) is 37.6 cm³/mol. The first-order chi connectivity index (χ1) is 4.13. The minimum Gasteiger partial charge on any atom is -0.229 e. The van der Waals surface area contributed by atoms with Crippen LogP contribution in [-0.2, 0) is 0 Å². The molecule has 1 aliphatic heterocycles. The summed E-state index contributed by atoms with van der Waals surface area (Å²) in [5.74, 6) is 0. The van der Waals surface area contributed by atoms with Crippen molar-refractivity contribution in [2.75, 3.05) is 14.1 Å². The first-order valence-corrected chi connectivity index (χ1v) is 3.35. The standard InChI is InChI=1S/C6H15N3/c1-5-6(2)9(4)7-8(5)3/h5-7H,1-4H3. The van der Waals surface area contributed by atoms with Crippen molar-refractivity contribution in [2.45, 2.75) is 25.9 Å². The minimum absolute atomic E-state index is 0.606. The Morgan fingerprint density at radius 2 is 1.33 bits per heavy atom. The Hall–Kier alpha value is -0.120. The minimum atomic E-state index is 0.606. The zero-order valence-corrected chi connectivity index (χ0v) is 6.55. The molecule has 1 saturated heterocycles. The third-order valence-electron chi connectivity index (χ3n) is 2.24. The van der Waals surface area contributed by atoms with Crippen molar-refractivity contribution in [3.8, 4) is 0 Å². The van der Waals surface area contributed by atoms with Gasteiger partial charge in [-0.25, -0.2) is 10.0 Å². The number of rotatable bonds is 0. The van der Waals surface area contributed by atoms with Crippen LogP contribution in [-0.4, -0.2) is 36.2 Å². The van der Waals surface area contributed by atoms with Gasteiger partial charge in [-0.3, -0.25) is 0 Å². The fourth-order valence-electron chi connectivity index (χ4n) is 1.08. The molecule has 1 rings (SSSR count). The average molecular weight is 129 g/mol. The van der Waals surface area contributed by atoms with Crippen molar-refractivity contribution in [1.82, 2.24) is 15.6 Å². The molecule has 1 fully saturated rings. The normalized spacial score (nSPS) is 40.0. The Morgan fingerprint density at radius 3 is 1.44 bits per heavy atom. The highest BCUT2D eigenvalue weighted by molar-refractivity contribution is 4.78. The fraction of sp³-hybridized carbons (Fsp3) is 1.00. The number of hydrogen-bond donors (Lipinski definition) is 1. The summed E-state index contributed by atoms with van der Waals surface area (Å²) in [6.45, 7) is 4.42. The Kier molecular flexibility index (Phi) is 1.75. The molecule has 0 radical (unpaired) electrons. The van der Waals surface area contributed by atoms with E-state index in [9.17, 15) is 0 Å². The molecule has 1 aliphatic rings. The largest absolute Gasteiger partial charge is 0.229 e. The van der Waals surface area contributed by atoms with Crippen molar-refractivity contribution in [2.24, 2.45) is 0 Å². The van der Waals surface area contributed by atoms with Gasteiger partial charge >= 0.3 is 0 Å². The van der Waals surface area contributed by atoms with E-state index in [4.69, 9.17) is 0 Å². The van der Waals surface area contributed by atoms with Gasteiger partial charge < -0.3 is 0 Å². The molecule has 0 aromatic heterocycles. The predicted octanol–water partition coefficient (Wildman–Crippen LogP) is 0.0602. The lowest BCUT2D eigenvalue weighted by atomic mass is 10.2. The van der Waals surface area contributed by atoms with E-state index in [0.29, 0.717) is 12.1 Å². The number of likely N-dealkylation sites (N-methyl/N-ethyl adjacent to an activating group) is 2. The first-order valence-electron chi connectivity index (χ1n) is 3.35. The van der Waals surface area contributed by atoms with Gasteiger partial charge in [0.05, 0.1) is 0 Å². The van der Waals surface area contributed by atoms with Gasteiger partial charge in [0.15, 0.2) is 0 Å². The highest BCUT2D eigenvalue weighted by atomic mass is 15.8. The third-order valence-corrected chi connectivity index (χ3v) is 2.24. The van der Waals surface area contributed by atoms with Gasteiger partial charge in [-0.15, -0.1) is 0 Å². The molecular formula is C6H15N3. The van der Waals surface area contributed by atoms with E-state index in [1.165, 1.54) is 0 Å². The quantitative estimate of drug-likeness (QED) is 0.499. The Morgan fingerprint density at radius 1 is 1.00 bits per heavy atom. The van der Waals surface area contributed by atoms with E-state index in [-0.39, 0.29) is 0 Å². The molecule has 0 saturated carbocycles. The highest BCUT2D eigenvalue weighted by Gasteiger charge is 2.28. The Balaban J connectivity index is 2.54. The molecule has 0 aliphatic carbocycles. The van der Waals surface area contributed by atoms with Gasteiger partial charge in [0, 0.05) is 26.2 Å². The van der Waals surface area contributed by atoms with Gasteiger partial charge in [0.1, 0.15) is 0 Å². The van der Waals surface area contributed by atoms with E-state index in [2.05, 4.69) is 43.5 Å². The molecular weight excluding hydrogens is 114 g/mol. The molecule has 0 spiro atoms. The van der Waals surface area contributed by atoms with E-state index in [1.807, 2.05) is 0 Å². The molecule has 1 heterocycles. The highest BCUT2D eigenvalue weighted by Crippen LogP contribution is 2.10. The van der Waals surface area contributed by atoms with Crippen LogP contribution in [0.1, 0.15) is 13.8 Å². The first kappa shape index (κ1) is 6.99. The van der Waals surface area contributed by atoms with Crippen molar-refractivity contribution >= 4 is 0 Å². The maximum Gasteiger partial charge on any atom is 0.0392 e. The molecule has 9 heavy (non-hydrogen) atoms. The maximum absolute atomic E-state index is 3.18. The summed E-state index contributed by atoms with van der Waals surface area (Å²) >= 11 is 0. The van der Waals surface area contributed by atoms with Crippen molar-refractivity contribution in [3.05, 3.63) is 0 Å². The number of hydrogen-bond acceptors (Lipinski definition) is 3. The van der Waals surface area contributed by atoms with Crippen LogP contribution in [0.2, 0.25) is 0 Å². The van der Waals surface area contributed by atoms with Crippen molar-refractivity contribution < 1.29 is 0 Å². The molecule has 0 aromatic rings. The zero-order valence-electron chi connectivity index (χ0n) is 6.55. The van der Waals surface area contributed by atoms with Crippen LogP contribution in [0.5, 0.6) is 0 Å². The second kappa shape index (κ2) is 2.25. The van der Waals surface area contributed by atoms with Gasteiger partial charge in [0.25, 0.3) is 0 Å². The molecule has 2 atom stereocenters. The summed E-state index contributed by atoms with van der Waals surface area (Å²) in [5, 5.41) is 4.23. The van der Waals surface area contributed by atoms with Crippen LogP contribution in [0.15, 0.2) is 0 Å². The summed E-state index contributed by atoms with van der Waals surface area (Å²) in [5.41, 5.74) is 3.18. The van der Waals surface area contributed by atoms with Crippen LogP contribution in [0.4, 0.5) is 0 Å². The molecule has 3 heteroatoms. The number of nitrogens with zero attached hydrogens (tertiary/aromatic N) is 2.